The van der Waals surface area contributed by atoms with Gasteiger partial charge in [-0.25, -0.2) is 0 Å². The fourth-order valence-corrected chi connectivity index (χ4v) is 1.14. The quantitative estimate of drug-likeness (QED) is 0.372. The van der Waals surface area contributed by atoms with Crippen LogP contribution in [-0.4, -0.2) is 9.91 Å². The Morgan fingerprint density at radius 1 is 1.73 bits per heavy atom. The molecular weight excluding hydrogens is 279 g/mol. The van der Waals surface area contributed by atoms with Gasteiger partial charge in [-0.05, 0) is 22.6 Å². The number of H-pyrrole nitrogens is 1. The van der Waals surface area contributed by atoms with Crippen molar-refractivity contribution >= 4 is 40.5 Å². The van der Waals surface area contributed by atoms with Crippen LogP contribution in [-0.2, 0) is 0 Å². The third-order valence-corrected chi connectivity index (χ3v) is 2.61. The zero-order valence-electron chi connectivity index (χ0n) is 5.20. The maximum atomic E-state index is 10.2. The minimum atomic E-state index is -0.465. The van der Waals surface area contributed by atoms with E-state index in [0.29, 0.717) is 8.21 Å². The SMILES string of the molecule is O=[N+]([O-])c1c[nH]c(=S)c(I)c1. The van der Waals surface area contributed by atoms with Crippen LogP contribution >= 0.6 is 34.8 Å². The molecule has 0 spiro atoms. The molecule has 0 fully saturated rings. The molecule has 4 nitrogen and oxygen atoms in total. The number of aromatic nitrogens is 1. The number of rotatable bonds is 1. The summed E-state index contributed by atoms with van der Waals surface area (Å²) in [7, 11) is 0. The summed E-state index contributed by atoms with van der Waals surface area (Å²) in [6.45, 7) is 0. The number of pyridine rings is 1. The standard InChI is InChI=1S/C5H3IN2O2S/c6-4-1-3(8(9)10)2-7-5(4)11/h1-2H,(H,7,11). The van der Waals surface area contributed by atoms with E-state index in [4.69, 9.17) is 12.2 Å². The van der Waals surface area contributed by atoms with Gasteiger partial charge in [0.25, 0.3) is 5.69 Å². The van der Waals surface area contributed by atoms with E-state index in [0.717, 1.165) is 0 Å². The molecule has 1 heterocycles. The van der Waals surface area contributed by atoms with Crippen molar-refractivity contribution in [3.05, 3.63) is 30.6 Å². The Balaban J connectivity index is 3.26. The molecule has 0 aliphatic rings. The molecule has 6 heteroatoms. The average molecular weight is 282 g/mol. The molecule has 0 amide bonds. The highest BCUT2D eigenvalue weighted by Gasteiger charge is 2.04. The van der Waals surface area contributed by atoms with Gasteiger partial charge in [0.05, 0.1) is 14.7 Å². The molecule has 58 valence electrons. The van der Waals surface area contributed by atoms with Gasteiger partial charge in [-0.3, -0.25) is 10.1 Å². The lowest BCUT2D eigenvalue weighted by atomic mass is 10.4. The fourth-order valence-electron chi connectivity index (χ4n) is 0.551. The zero-order valence-corrected chi connectivity index (χ0v) is 8.18. The number of halogens is 1. The summed E-state index contributed by atoms with van der Waals surface area (Å²) in [5.74, 6) is 0. The molecule has 11 heavy (non-hydrogen) atoms. The van der Waals surface area contributed by atoms with E-state index in [1.165, 1.54) is 12.3 Å². The van der Waals surface area contributed by atoms with Crippen molar-refractivity contribution in [3.63, 3.8) is 0 Å². The molecule has 0 aliphatic carbocycles. The van der Waals surface area contributed by atoms with Crippen LogP contribution in [0.15, 0.2) is 12.3 Å². The molecule has 0 saturated carbocycles. The first-order valence-corrected chi connectivity index (χ1v) is 4.12. The Morgan fingerprint density at radius 3 is 2.82 bits per heavy atom. The Labute approximate surface area is 80.9 Å². The van der Waals surface area contributed by atoms with Crippen LogP contribution in [0.1, 0.15) is 0 Å². The van der Waals surface area contributed by atoms with E-state index < -0.39 is 4.92 Å². The Hall–Kier alpha value is -0.500. The third-order valence-electron chi connectivity index (χ3n) is 1.05. The molecule has 0 saturated heterocycles. The van der Waals surface area contributed by atoms with Crippen molar-refractivity contribution < 1.29 is 4.92 Å². The Morgan fingerprint density at radius 2 is 2.36 bits per heavy atom. The predicted octanol–water partition coefficient (Wildman–Crippen LogP) is 2.26. The number of aromatic amines is 1. The van der Waals surface area contributed by atoms with Crippen LogP contribution < -0.4 is 0 Å². The van der Waals surface area contributed by atoms with Crippen LogP contribution in [0.2, 0.25) is 0 Å². The van der Waals surface area contributed by atoms with Crippen molar-refractivity contribution in [2.75, 3.05) is 0 Å². The molecular formula is C5H3IN2O2S. The van der Waals surface area contributed by atoms with Gasteiger partial charge < -0.3 is 4.98 Å². The van der Waals surface area contributed by atoms with E-state index in [1.807, 2.05) is 22.6 Å². The normalized spacial score (nSPS) is 9.55. The Bertz CT molecular complexity index is 349. The lowest BCUT2D eigenvalue weighted by Crippen LogP contribution is -1.90. The molecule has 0 radical (unpaired) electrons. The summed E-state index contributed by atoms with van der Waals surface area (Å²) in [6.07, 6.45) is 1.28. The first kappa shape index (κ1) is 8.60. The topological polar surface area (TPSA) is 58.9 Å². The van der Waals surface area contributed by atoms with Gasteiger partial charge in [0.1, 0.15) is 4.64 Å². The maximum Gasteiger partial charge on any atom is 0.286 e. The first-order chi connectivity index (χ1) is 5.11. The second kappa shape index (κ2) is 3.26. The second-order valence-electron chi connectivity index (χ2n) is 1.79. The Kier molecular flexibility index (Phi) is 2.55. The van der Waals surface area contributed by atoms with Crippen LogP contribution in [0.3, 0.4) is 0 Å². The molecule has 1 N–H and O–H groups in total. The highest BCUT2D eigenvalue weighted by Crippen LogP contribution is 2.13. The average Bonchev–Trinajstić information content (AvgIpc) is 1.94. The summed E-state index contributed by atoms with van der Waals surface area (Å²) in [6, 6.07) is 1.43. The molecule has 1 rings (SSSR count). The third kappa shape index (κ3) is 1.96. The lowest BCUT2D eigenvalue weighted by molar-refractivity contribution is -0.385. The van der Waals surface area contributed by atoms with Crippen molar-refractivity contribution in [3.8, 4) is 0 Å². The molecule has 0 unspecified atom stereocenters. The van der Waals surface area contributed by atoms with E-state index in [-0.39, 0.29) is 5.69 Å². The van der Waals surface area contributed by atoms with Gasteiger partial charge in [-0.15, -0.1) is 0 Å². The molecule has 1 aromatic rings. The first-order valence-electron chi connectivity index (χ1n) is 2.64. The van der Waals surface area contributed by atoms with Gasteiger partial charge in [0.15, 0.2) is 0 Å². The summed E-state index contributed by atoms with van der Waals surface area (Å²) in [5.41, 5.74) is 0.0306. The van der Waals surface area contributed by atoms with Crippen LogP contribution in [0.25, 0.3) is 0 Å². The number of nitrogens with one attached hydrogen (secondary N) is 1. The van der Waals surface area contributed by atoms with Gasteiger partial charge in [0, 0.05) is 6.07 Å². The largest absolute Gasteiger partial charge is 0.346 e. The fraction of sp³-hybridized carbons (Fsp3) is 0. The van der Waals surface area contributed by atoms with Crippen LogP contribution in [0.5, 0.6) is 0 Å². The number of nitro groups is 1. The van der Waals surface area contributed by atoms with Crippen molar-refractivity contribution in [1.82, 2.24) is 4.98 Å². The van der Waals surface area contributed by atoms with Crippen molar-refractivity contribution in [2.24, 2.45) is 0 Å². The van der Waals surface area contributed by atoms with Crippen molar-refractivity contribution in [1.29, 1.82) is 0 Å². The van der Waals surface area contributed by atoms with Gasteiger partial charge in [-0.1, -0.05) is 12.2 Å². The van der Waals surface area contributed by atoms with Crippen LogP contribution in [0, 0.1) is 18.3 Å². The molecule has 1 aromatic heterocycles. The molecule has 0 aromatic carbocycles. The minimum Gasteiger partial charge on any atom is -0.346 e. The van der Waals surface area contributed by atoms with Gasteiger partial charge in [0.2, 0.25) is 0 Å². The van der Waals surface area contributed by atoms with E-state index >= 15 is 0 Å². The number of hydrogen-bond donors (Lipinski definition) is 1. The van der Waals surface area contributed by atoms with Crippen LogP contribution in [0.4, 0.5) is 5.69 Å². The zero-order chi connectivity index (χ0) is 8.43. The monoisotopic (exact) mass is 282 g/mol. The number of hydrogen-bond acceptors (Lipinski definition) is 3. The second-order valence-corrected chi connectivity index (χ2v) is 3.36. The summed E-state index contributed by atoms with van der Waals surface area (Å²) in [5, 5.41) is 10.2. The van der Waals surface area contributed by atoms with Gasteiger partial charge in [-0.2, -0.15) is 0 Å². The summed E-state index contributed by atoms with van der Waals surface area (Å²) < 4.78 is 1.21. The smallest absolute Gasteiger partial charge is 0.286 e. The summed E-state index contributed by atoms with van der Waals surface area (Å²) >= 11 is 6.76. The van der Waals surface area contributed by atoms with E-state index in [9.17, 15) is 10.1 Å². The maximum absolute atomic E-state index is 10.2. The lowest BCUT2D eigenvalue weighted by Gasteiger charge is -1.91. The minimum absolute atomic E-state index is 0.0306. The predicted molar refractivity (Wildman–Crippen MR) is 51.0 cm³/mol. The van der Waals surface area contributed by atoms with Gasteiger partial charge >= 0.3 is 0 Å². The van der Waals surface area contributed by atoms with E-state index in [2.05, 4.69) is 4.98 Å². The highest BCUT2D eigenvalue weighted by molar-refractivity contribution is 14.1. The summed E-state index contributed by atoms with van der Waals surface area (Å²) in [4.78, 5) is 12.4. The highest BCUT2D eigenvalue weighted by atomic mass is 127. The molecule has 0 aliphatic heterocycles. The molecule has 0 bridgehead atoms. The molecule has 0 atom stereocenters. The number of nitrogens with zero attached hydrogens (tertiary/aromatic N) is 1. The van der Waals surface area contributed by atoms with E-state index in [1.54, 1.807) is 0 Å². The van der Waals surface area contributed by atoms with Crippen molar-refractivity contribution in [2.45, 2.75) is 0 Å².